The van der Waals surface area contributed by atoms with Crippen LogP contribution in [0, 0.1) is 0 Å². The average Bonchev–Trinajstić information content (AvgIpc) is 2.86. The van der Waals surface area contributed by atoms with Crippen molar-refractivity contribution >= 4 is 5.97 Å². The van der Waals surface area contributed by atoms with Crippen LogP contribution >= 0.6 is 0 Å². The van der Waals surface area contributed by atoms with Crippen molar-refractivity contribution in [3.8, 4) is 0 Å². The zero-order valence-corrected chi connectivity index (χ0v) is 10.6. The van der Waals surface area contributed by atoms with Gasteiger partial charge in [0.15, 0.2) is 5.60 Å². The first-order valence-electron chi connectivity index (χ1n) is 6.64. The number of rotatable bonds is 6. The van der Waals surface area contributed by atoms with E-state index in [1.54, 1.807) is 0 Å². The Hall–Kier alpha value is -1.35. The number of carboxylic acids is 1. The van der Waals surface area contributed by atoms with E-state index in [-0.39, 0.29) is 0 Å². The van der Waals surface area contributed by atoms with Gasteiger partial charge in [-0.25, -0.2) is 4.79 Å². The summed E-state index contributed by atoms with van der Waals surface area (Å²) in [6.45, 7) is 0.529. The maximum Gasteiger partial charge on any atom is 0.335 e. The third-order valence-corrected chi connectivity index (χ3v) is 3.63. The predicted molar refractivity (Wildman–Crippen MR) is 69.5 cm³/mol. The number of hydrogen-bond donors (Lipinski definition) is 1. The summed E-state index contributed by atoms with van der Waals surface area (Å²) in [4.78, 5) is 11.3. The largest absolute Gasteiger partial charge is 0.479 e. The minimum atomic E-state index is -0.892. The summed E-state index contributed by atoms with van der Waals surface area (Å²) < 4.78 is 5.67. The topological polar surface area (TPSA) is 46.5 Å². The highest BCUT2D eigenvalue weighted by atomic mass is 16.5. The molecule has 1 aromatic rings. The first-order valence-corrected chi connectivity index (χ1v) is 6.64. The Kier molecular flexibility index (Phi) is 4.37. The van der Waals surface area contributed by atoms with E-state index in [2.05, 4.69) is 12.1 Å². The molecule has 1 N–H and O–H groups in total. The van der Waals surface area contributed by atoms with Gasteiger partial charge < -0.3 is 9.84 Å². The molecule has 2 rings (SSSR count). The second kappa shape index (κ2) is 6.01. The number of aryl methyl sites for hydroxylation is 1. The zero-order chi connectivity index (χ0) is 12.8. The highest BCUT2D eigenvalue weighted by Crippen LogP contribution is 2.33. The second-order valence-electron chi connectivity index (χ2n) is 4.94. The first kappa shape index (κ1) is 13.1. The maximum atomic E-state index is 11.3. The molecule has 98 valence electrons. The Bertz CT molecular complexity index is 380. The fourth-order valence-electron chi connectivity index (χ4n) is 2.55. The van der Waals surface area contributed by atoms with E-state index in [9.17, 15) is 9.90 Å². The average molecular weight is 248 g/mol. The van der Waals surface area contributed by atoms with Crippen LogP contribution in [0.5, 0.6) is 0 Å². The number of aliphatic carboxylic acids is 1. The zero-order valence-electron chi connectivity index (χ0n) is 10.6. The third-order valence-electron chi connectivity index (χ3n) is 3.63. The first-order chi connectivity index (χ1) is 8.73. The van der Waals surface area contributed by atoms with E-state index in [0.29, 0.717) is 19.4 Å². The van der Waals surface area contributed by atoms with Crippen LogP contribution in [0.25, 0.3) is 0 Å². The van der Waals surface area contributed by atoms with Crippen molar-refractivity contribution in [2.45, 2.75) is 44.1 Å². The number of carboxylic acid groups (broad SMARTS) is 1. The summed E-state index contributed by atoms with van der Waals surface area (Å²) >= 11 is 0. The lowest BCUT2D eigenvalue weighted by Crippen LogP contribution is -2.39. The van der Waals surface area contributed by atoms with Crippen LogP contribution in [0.3, 0.4) is 0 Å². The molecule has 0 radical (unpaired) electrons. The van der Waals surface area contributed by atoms with Gasteiger partial charge >= 0.3 is 5.97 Å². The molecule has 1 aliphatic carbocycles. The maximum absolute atomic E-state index is 11.3. The molecule has 0 aromatic heterocycles. The van der Waals surface area contributed by atoms with Crippen LogP contribution in [0.15, 0.2) is 30.3 Å². The molecule has 0 saturated heterocycles. The van der Waals surface area contributed by atoms with Crippen LogP contribution in [0.1, 0.15) is 37.7 Å². The van der Waals surface area contributed by atoms with Crippen LogP contribution in [0.2, 0.25) is 0 Å². The molecular weight excluding hydrogens is 228 g/mol. The fraction of sp³-hybridized carbons (Fsp3) is 0.533. The molecule has 3 heteroatoms. The number of benzene rings is 1. The fourth-order valence-corrected chi connectivity index (χ4v) is 2.55. The summed E-state index contributed by atoms with van der Waals surface area (Å²) in [6, 6.07) is 10.2. The minimum Gasteiger partial charge on any atom is -0.479 e. The molecule has 1 fully saturated rings. The van der Waals surface area contributed by atoms with Gasteiger partial charge in [-0.3, -0.25) is 0 Å². The molecule has 3 nitrogen and oxygen atoms in total. The van der Waals surface area contributed by atoms with E-state index >= 15 is 0 Å². The van der Waals surface area contributed by atoms with Crippen LogP contribution < -0.4 is 0 Å². The van der Waals surface area contributed by atoms with Gasteiger partial charge in [-0.2, -0.15) is 0 Å². The lowest BCUT2D eigenvalue weighted by Gasteiger charge is -2.24. The molecule has 1 aromatic carbocycles. The Morgan fingerprint density at radius 3 is 2.50 bits per heavy atom. The van der Waals surface area contributed by atoms with E-state index in [0.717, 1.165) is 25.7 Å². The Labute approximate surface area is 108 Å². The van der Waals surface area contributed by atoms with E-state index in [1.807, 2.05) is 18.2 Å². The Morgan fingerprint density at radius 2 is 1.89 bits per heavy atom. The van der Waals surface area contributed by atoms with Gasteiger partial charge in [0.05, 0.1) is 0 Å². The monoisotopic (exact) mass is 248 g/mol. The van der Waals surface area contributed by atoms with Gasteiger partial charge in [-0.15, -0.1) is 0 Å². The lowest BCUT2D eigenvalue weighted by molar-refractivity contribution is -0.165. The van der Waals surface area contributed by atoms with Crippen molar-refractivity contribution in [3.63, 3.8) is 0 Å². The number of ether oxygens (including phenoxy) is 1. The van der Waals surface area contributed by atoms with Gasteiger partial charge in [0.2, 0.25) is 0 Å². The Morgan fingerprint density at radius 1 is 1.22 bits per heavy atom. The summed E-state index contributed by atoms with van der Waals surface area (Å²) in [5, 5.41) is 9.26. The smallest absolute Gasteiger partial charge is 0.335 e. The molecule has 0 atom stereocenters. The van der Waals surface area contributed by atoms with Gasteiger partial charge in [0, 0.05) is 6.61 Å². The third kappa shape index (κ3) is 3.10. The predicted octanol–water partition coefficient (Wildman–Crippen LogP) is 3.03. The molecule has 18 heavy (non-hydrogen) atoms. The Balaban J connectivity index is 1.76. The number of carbonyl (C=O) groups is 1. The van der Waals surface area contributed by atoms with Crippen LogP contribution in [-0.4, -0.2) is 23.3 Å². The van der Waals surface area contributed by atoms with Crippen molar-refractivity contribution in [1.82, 2.24) is 0 Å². The highest BCUT2D eigenvalue weighted by molar-refractivity contribution is 5.77. The van der Waals surface area contributed by atoms with Gasteiger partial charge in [-0.1, -0.05) is 30.3 Å². The molecule has 0 heterocycles. The van der Waals surface area contributed by atoms with Crippen molar-refractivity contribution in [2.24, 2.45) is 0 Å². The van der Waals surface area contributed by atoms with Crippen molar-refractivity contribution in [1.29, 1.82) is 0 Å². The van der Waals surface area contributed by atoms with Gasteiger partial charge in [-0.05, 0) is 44.1 Å². The normalized spacial score (nSPS) is 17.8. The quantitative estimate of drug-likeness (QED) is 0.787. The van der Waals surface area contributed by atoms with E-state index < -0.39 is 11.6 Å². The molecule has 0 amide bonds. The second-order valence-corrected chi connectivity index (χ2v) is 4.94. The highest BCUT2D eigenvalue weighted by Gasteiger charge is 2.42. The van der Waals surface area contributed by atoms with Gasteiger partial charge in [0.25, 0.3) is 0 Å². The summed E-state index contributed by atoms with van der Waals surface area (Å²) in [7, 11) is 0. The number of hydrogen-bond acceptors (Lipinski definition) is 2. The van der Waals surface area contributed by atoms with Crippen molar-refractivity contribution in [3.05, 3.63) is 35.9 Å². The molecule has 1 aliphatic rings. The molecule has 0 bridgehead atoms. The van der Waals surface area contributed by atoms with Crippen molar-refractivity contribution < 1.29 is 14.6 Å². The minimum absolute atomic E-state index is 0.529. The molecule has 0 spiro atoms. The van der Waals surface area contributed by atoms with E-state index in [4.69, 9.17) is 4.74 Å². The summed E-state index contributed by atoms with van der Waals surface area (Å²) in [6.07, 6.45) is 5.06. The molecule has 1 saturated carbocycles. The standard InChI is InChI=1S/C15H20O3/c16-14(17)15(10-4-5-11-15)18-12-6-9-13-7-2-1-3-8-13/h1-3,7-8H,4-6,9-12H2,(H,16,17). The summed E-state index contributed by atoms with van der Waals surface area (Å²) in [5.41, 5.74) is 0.383. The van der Waals surface area contributed by atoms with Crippen LogP contribution in [-0.2, 0) is 16.0 Å². The molecule has 0 unspecified atom stereocenters. The van der Waals surface area contributed by atoms with E-state index in [1.165, 1.54) is 5.56 Å². The molecule has 0 aliphatic heterocycles. The van der Waals surface area contributed by atoms with Gasteiger partial charge in [0.1, 0.15) is 0 Å². The SMILES string of the molecule is O=C(O)C1(OCCCc2ccccc2)CCCC1. The summed E-state index contributed by atoms with van der Waals surface area (Å²) in [5.74, 6) is -0.792. The molecular formula is C15H20O3. The van der Waals surface area contributed by atoms with Crippen molar-refractivity contribution in [2.75, 3.05) is 6.61 Å². The lowest BCUT2D eigenvalue weighted by atomic mass is 10.0. The van der Waals surface area contributed by atoms with Crippen LogP contribution in [0.4, 0.5) is 0 Å².